The summed E-state index contributed by atoms with van der Waals surface area (Å²) >= 11 is 0. The fraction of sp³-hybridized carbons (Fsp3) is 0.938. The molecular weight excluding hydrogens is 224 g/mol. The molecule has 0 aromatic heterocycles. The molecular formula is C16H32O2. The summed E-state index contributed by atoms with van der Waals surface area (Å²) in [6.45, 7) is 7.32. The lowest BCUT2D eigenvalue weighted by atomic mass is 10.0. The molecule has 0 aliphatic heterocycles. The topological polar surface area (TPSA) is 26.3 Å². The highest BCUT2D eigenvalue weighted by Gasteiger charge is 2.07. The quantitative estimate of drug-likeness (QED) is 0.338. The Morgan fingerprint density at radius 2 is 1.44 bits per heavy atom. The van der Waals surface area contributed by atoms with Crippen LogP contribution in [0.4, 0.5) is 0 Å². The lowest BCUT2D eigenvalue weighted by Crippen LogP contribution is -2.11. The summed E-state index contributed by atoms with van der Waals surface area (Å²) < 4.78 is 5.07. The molecule has 0 amide bonds. The van der Waals surface area contributed by atoms with Crippen LogP contribution in [0.15, 0.2) is 0 Å². The number of rotatable bonds is 13. The number of hydrogen-bond acceptors (Lipinski definition) is 2. The molecule has 108 valence electrons. The monoisotopic (exact) mass is 256 g/mol. The van der Waals surface area contributed by atoms with Gasteiger partial charge < -0.3 is 4.74 Å². The number of carbonyl (C=O) groups excluding carboxylic acids is 1. The lowest BCUT2D eigenvalue weighted by molar-refractivity contribution is -0.134. The van der Waals surface area contributed by atoms with Crippen LogP contribution in [-0.4, -0.2) is 12.6 Å². The van der Waals surface area contributed by atoms with Gasteiger partial charge in [-0.2, -0.15) is 0 Å². The molecule has 0 N–H and O–H groups in total. The second kappa shape index (κ2) is 12.9. The lowest BCUT2D eigenvalue weighted by Gasteiger charge is -2.13. The molecule has 0 aliphatic carbocycles. The highest BCUT2D eigenvalue weighted by Crippen LogP contribution is 2.14. The van der Waals surface area contributed by atoms with Crippen molar-refractivity contribution in [2.24, 2.45) is 5.92 Å². The molecule has 1 atom stereocenters. The first-order chi connectivity index (χ1) is 8.70. The van der Waals surface area contributed by atoms with Gasteiger partial charge >= 0.3 is 0 Å². The van der Waals surface area contributed by atoms with Crippen molar-refractivity contribution in [3.63, 3.8) is 0 Å². The van der Waals surface area contributed by atoms with E-state index in [-0.39, 0.29) is 6.10 Å². The minimum absolute atomic E-state index is 0.161. The summed E-state index contributed by atoms with van der Waals surface area (Å²) in [5, 5.41) is 0. The Morgan fingerprint density at radius 1 is 0.889 bits per heavy atom. The molecule has 0 fully saturated rings. The van der Waals surface area contributed by atoms with Crippen LogP contribution in [0.1, 0.15) is 85.0 Å². The van der Waals surface area contributed by atoms with Crippen LogP contribution in [0.2, 0.25) is 0 Å². The fourth-order valence-electron chi connectivity index (χ4n) is 2.31. The molecule has 18 heavy (non-hydrogen) atoms. The number of carbonyl (C=O) groups is 1. The molecule has 2 heteroatoms. The molecule has 0 bridgehead atoms. The Balaban J connectivity index is 3.29. The maximum Gasteiger partial charge on any atom is 0.293 e. The van der Waals surface area contributed by atoms with E-state index in [4.69, 9.17) is 4.74 Å². The summed E-state index contributed by atoms with van der Waals surface area (Å²) in [6, 6.07) is 0. The van der Waals surface area contributed by atoms with E-state index < -0.39 is 0 Å². The van der Waals surface area contributed by atoms with Crippen LogP contribution in [-0.2, 0) is 9.53 Å². The van der Waals surface area contributed by atoms with Crippen molar-refractivity contribution in [2.75, 3.05) is 0 Å². The molecule has 0 radical (unpaired) electrons. The van der Waals surface area contributed by atoms with Gasteiger partial charge in [0.2, 0.25) is 0 Å². The van der Waals surface area contributed by atoms with Crippen LogP contribution in [0.3, 0.4) is 0 Å². The van der Waals surface area contributed by atoms with Crippen molar-refractivity contribution < 1.29 is 9.53 Å². The first-order valence-corrected chi connectivity index (χ1v) is 7.79. The number of ether oxygens (including phenoxy) is 1. The third-order valence-electron chi connectivity index (χ3n) is 3.42. The standard InChI is InChI=1S/C16H32O2/c1-4-11-16(18-14-17)13-10-8-6-5-7-9-12-15(2)3/h14-16H,4-13H2,1-3H3. The highest BCUT2D eigenvalue weighted by molar-refractivity contribution is 5.37. The third kappa shape index (κ3) is 11.9. The van der Waals surface area contributed by atoms with Crippen molar-refractivity contribution in [3.05, 3.63) is 0 Å². The van der Waals surface area contributed by atoms with Crippen molar-refractivity contribution in [1.82, 2.24) is 0 Å². The van der Waals surface area contributed by atoms with Crippen molar-refractivity contribution >= 4 is 6.47 Å². The van der Waals surface area contributed by atoms with Gasteiger partial charge in [0.05, 0.1) is 0 Å². The predicted molar refractivity (Wildman–Crippen MR) is 77.6 cm³/mol. The smallest absolute Gasteiger partial charge is 0.293 e. The summed E-state index contributed by atoms with van der Waals surface area (Å²) in [6.07, 6.45) is 12.6. The van der Waals surface area contributed by atoms with Crippen LogP contribution in [0.25, 0.3) is 0 Å². The molecule has 0 aromatic rings. The first kappa shape index (κ1) is 17.5. The average Bonchev–Trinajstić information content (AvgIpc) is 2.32. The van der Waals surface area contributed by atoms with E-state index in [1.165, 1.54) is 44.9 Å². The SMILES string of the molecule is CCCC(CCCCCCCCC(C)C)OC=O. The second-order valence-corrected chi connectivity index (χ2v) is 5.74. The van der Waals surface area contributed by atoms with E-state index in [2.05, 4.69) is 20.8 Å². The van der Waals surface area contributed by atoms with Gasteiger partial charge in [-0.15, -0.1) is 0 Å². The van der Waals surface area contributed by atoms with Gasteiger partial charge in [-0.25, -0.2) is 0 Å². The Morgan fingerprint density at radius 3 is 1.94 bits per heavy atom. The Hall–Kier alpha value is -0.530. The summed E-state index contributed by atoms with van der Waals surface area (Å²) in [7, 11) is 0. The van der Waals surface area contributed by atoms with Gasteiger partial charge in [0.25, 0.3) is 6.47 Å². The Labute approximate surface area is 113 Å². The van der Waals surface area contributed by atoms with Gasteiger partial charge in [-0.3, -0.25) is 4.79 Å². The van der Waals surface area contributed by atoms with Gasteiger partial charge in [0.1, 0.15) is 6.10 Å². The van der Waals surface area contributed by atoms with Crippen molar-refractivity contribution in [2.45, 2.75) is 91.1 Å². The fourth-order valence-corrected chi connectivity index (χ4v) is 2.31. The van der Waals surface area contributed by atoms with Gasteiger partial charge in [0, 0.05) is 0 Å². The van der Waals surface area contributed by atoms with E-state index in [9.17, 15) is 4.79 Å². The summed E-state index contributed by atoms with van der Waals surface area (Å²) in [4.78, 5) is 10.3. The Bertz CT molecular complexity index is 178. The normalized spacial score (nSPS) is 12.7. The first-order valence-electron chi connectivity index (χ1n) is 7.79. The van der Waals surface area contributed by atoms with Gasteiger partial charge in [0.15, 0.2) is 0 Å². The summed E-state index contributed by atoms with van der Waals surface area (Å²) in [5.74, 6) is 0.847. The molecule has 0 saturated carbocycles. The van der Waals surface area contributed by atoms with Crippen LogP contribution >= 0.6 is 0 Å². The number of hydrogen-bond donors (Lipinski definition) is 0. The minimum Gasteiger partial charge on any atom is -0.465 e. The zero-order chi connectivity index (χ0) is 13.6. The largest absolute Gasteiger partial charge is 0.465 e. The van der Waals surface area contributed by atoms with Gasteiger partial charge in [-0.05, 0) is 25.2 Å². The molecule has 2 nitrogen and oxygen atoms in total. The van der Waals surface area contributed by atoms with Crippen molar-refractivity contribution in [1.29, 1.82) is 0 Å². The second-order valence-electron chi connectivity index (χ2n) is 5.74. The van der Waals surface area contributed by atoms with Gasteiger partial charge in [-0.1, -0.05) is 65.7 Å². The zero-order valence-electron chi connectivity index (χ0n) is 12.6. The van der Waals surface area contributed by atoms with E-state index in [1.807, 2.05) is 0 Å². The molecule has 0 aliphatic rings. The molecule has 0 saturated heterocycles. The molecule has 0 heterocycles. The van der Waals surface area contributed by atoms with Crippen molar-refractivity contribution in [3.8, 4) is 0 Å². The predicted octanol–water partition coefficient (Wildman–Crippen LogP) is 5.10. The third-order valence-corrected chi connectivity index (χ3v) is 3.42. The van der Waals surface area contributed by atoms with E-state index in [1.54, 1.807) is 0 Å². The maximum absolute atomic E-state index is 10.3. The highest BCUT2D eigenvalue weighted by atomic mass is 16.5. The van der Waals surface area contributed by atoms with E-state index in [0.29, 0.717) is 6.47 Å². The molecule has 0 aromatic carbocycles. The molecule has 0 rings (SSSR count). The van der Waals surface area contributed by atoms with E-state index >= 15 is 0 Å². The van der Waals surface area contributed by atoms with E-state index in [0.717, 1.165) is 25.2 Å². The molecule has 1 unspecified atom stereocenters. The van der Waals surface area contributed by atoms with Crippen LogP contribution < -0.4 is 0 Å². The maximum atomic E-state index is 10.3. The summed E-state index contributed by atoms with van der Waals surface area (Å²) in [5.41, 5.74) is 0. The average molecular weight is 256 g/mol. The minimum atomic E-state index is 0.161. The number of unbranched alkanes of at least 4 members (excludes halogenated alkanes) is 5. The van der Waals surface area contributed by atoms with Crippen LogP contribution in [0.5, 0.6) is 0 Å². The Kier molecular flexibility index (Phi) is 12.5. The molecule has 0 spiro atoms. The van der Waals surface area contributed by atoms with Crippen LogP contribution in [0, 0.1) is 5.92 Å². The zero-order valence-corrected chi connectivity index (χ0v) is 12.6.